The lowest BCUT2D eigenvalue weighted by Gasteiger charge is -2.13. The first kappa shape index (κ1) is 20.7. The monoisotopic (exact) mass is 454 g/mol. The smallest absolute Gasteiger partial charge is 0.271 e. The first-order chi connectivity index (χ1) is 13.9. The highest BCUT2D eigenvalue weighted by Crippen LogP contribution is 2.25. The minimum absolute atomic E-state index is 0.267. The number of carbonyl (C=O) groups is 1. The molecule has 0 aromatic heterocycles. The minimum Gasteiger partial charge on any atom is -0.488 e. The second-order valence-electron chi connectivity index (χ2n) is 6.61. The summed E-state index contributed by atoms with van der Waals surface area (Å²) in [6, 6.07) is 17.2. The molecule has 148 valence electrons. The molecular formula is C23H20BrFN2O2. The number of ether oxygens (including phenoxy) is 1. The summed E-state index contributed by atoms with van der Waals surface area (Å²) < 4.78 is 19.8. The molecule has 0 heterocycles. The molecule has 0 unspecified atom stereocenters. The molecule has 3 rings (SSSR count). The Kier molecular flexibility index (Phi) is 6.77. The van der Waals surface area contributed by atoms with Crippen molar-refractivity contribution in [2.75, 3.05) is 0 Å². The van der Waals surface area contributed by atoms with Crippen LogP contribution >= 0.6 is 15.9 Å². The first-order valence-electron chi connectivity index (χ1n) is 9.00. The van der Waals surface area contributed by atoms with Gasteiger partial charge in [-0.05, 0) is 78.6 Å². The largest absolute Gasteiger partial charge is 0.488 e. The van der Waals surface area contributed by atoms with Crippen LogP contribution in [0.1, 0.15) is 32.6 Å². The molecule has 0 aliphatic rings. The van der Waals surface area contributed by atoms with Crippen molar-refractivity contribution in [3.63, 3.8) is 0 Å². The van der Waals surface area contributed by atoms with Gasteiger partial charge in [0.15, 0.2) is 0 Å². The van der Waals surface area contributed by atoms with Crippen LogP contribution in [0.2, 0.25) is 0 Å². The first-order valence-corrected chi connectivity index (χ1v) is 9.79. The zero-order valence-corrected chi connectivity index (χ0v) is 17.7. The van der Waals surface area contributed by atoms with Crippen molar-refractivity contribution in [2.24, 2.45) is 5.10 Å². The fourth-order valence-corrected chi connectivity index (χ4v) is 3.28. The van der Waals surface area contributed by atoms with Crippen LogP contribution < -0.4 is 10.2 Å². The van der Waals surface area contributed by atoms with E-state index in [4.69, 9.17) is 4.74 Å². The number of hydrogen-bond donors (Lipinski definition) is 1. The van der Waals surface area contributed by atoms with Crippen molar-refractivity contribution in [1.29, 1.82) is 0 Å². The van der Waals surface area contributed by atoms with Gasteiger partial charge in [-0.2, -0.15) is 5.10 Å². The Balaban J connectivity index is 1.64. The van der Waals surface area contributed by atoms with Crippen molar-refractivity contribution in [1.82, 2.24) is 5.43 Å². The van der Waals surface area contributed by atoms with Crippen LogP contribution in [0, 0.1) is 19.7 Å². The zero-order chi connectivity index (χ0) is 20.8. The summed E-state index contributed by atoms with van der Waals surface area (Å²) in [5.74, 6) is 0.233. The molecule has 3 aromatic carbocycles. The molecular weight excluding hydrogens is 435 g/mol. The third kappa shape index (κ3) is 5.74. The molecule has 1 amide bonds. The van der Waals surface area contributed by atoms with E-state index in [1.165, 1.54) is 12.1 Å². The van der Waals surface area contributed by atoms with Crippen LogP contribution in [0.5, 0.6) is 5.75 Å². The number of carbonyl (C=O) groups excluding carboxylic acids is 1. The Bertz CT molecular complexity index is 1030. The number of hydrogen-bond acceptors (Lipinski definition) is 3. The third-order valence-electron chi connectivity index (χ3n) is 4.25. The van der Waals surface area contributed by atoms with Crippen LogP contribution in [0.4, 0.5) is 4.39 Å². The number of benzene rings is 3. The van der Waals surface area contributed by atoms with Crippen molar-refractivity contribution < 1.29 is 13.9 Å². The van der Waals surface area contributed by atoms with E-state index >= 15 is 0 Å². The molecule has 4 nitrogen and oxygen atoms in total. The number of rotatable bonds is 6. The van der Waals surface area contributed by atoms with E-state index in [0.29, 0.717) is 12.2 Å². The van der Waals surface area contributed by atoms with Crippen LogP contribution in [0.3, 0.4) is 0 Å². The number of nitrogens with zero attached hydrogens (tertiary/aromatic N) is 1. The van der Waals surface area contributed by atoms with Crippen LogP contribution in [-0.4, -0.2) is 12.1 Å². The maximum Gasteiger partial charge on any atom is 0.271 e. The quantitative estimate of drug-likeness (QED) is 0.392. The van der Waals surface area contributed by atoms with Gasteiger partial charge in [-0.15, -0.1) is 0 Å². The van der Waals surface area contributed by atoms with Gasteiger partial charge < -0.3 is 4.74 Å². The Hall–Kier alpha value is -2.99. The highest BCUT2D eigenvalue weighted by molar-refractivity contribution is 9.10. The summed E-state index contributed by atoms with van der Waals surface area (Å²) in [6.45, 7) is 4.26. The molecule has 1 N–H and O–H groups in total. The lowest BCUT2D eigenvalue weighted by molar-refractivity contribution is 0.0955. The molecule has 6 heteroatoms. The maximum absolute atomic E-state index is 13.0. The Labute approximate surface area is 177 Å². The van der Waals surface area contributed by atoms with E-state index in [1.54, 1.807) is 36.5 Å². The molecule has 0 atom stereocenters. The van der Waals surface area contributed by atoms with Crippen LogP contribution in [0.25, 0.3) is 0 Å². The highest BCUT2D eigenvalue weighted by Gasteiger charge is 2.07. The fraction of sp³-hybridized carbons (Fsp3) is 0.130. The number of amides is 1. The Morgan fingerprint density at radius 3 is 2.45 bits per heavy atom. The topological polar surface area (TPSA) is 50.7 Å². The van der Waals surface area contributed by atoms with Gasteiger partial charge in [-0.1, -0.05) is 34.1 Å². The molecule has 0 saturated carbocycles. The number of nitrogens with one attached hydrogen (secondary N) is 1. The van der Waals surface area contributed by atoms with E-state index < -0.39 is 0 Å². The normalized spacial score (nSPS) is 10.9. The van der Waals surface area contributed by atoms with Gasteiger partial charge in [-0.3, -0.25) is 4.79 Å². The molecule has 0 spiro atoms. The minimum atomic E-state index is -0.282. The third-order valence-corrected chi connectivity index (χ3v) is 4.74. The van der Waals surface area contributed by atoms with Gasteiger partial charge in [0.1, 0.15) is 18.2 Å². The summed E-state index contributed by atoms with van der Waals surface area (Å²) >= 11 is 3.34. The van der Waals surface area contributed by atoms with E-state index in [-0.39, 0.29) is 11.7 Å². The molecule has 0 aliphatic carbocycles. The van der Waals surface area contributed by atoms with Gasteiger partial charge in [0.2, 0.25) is 0 Å². The molecule has 0 bridgehead atoms. The molecule has 3 aromatic rings. The molecule has 0 fully saturated rings. The average molecular weight is 455 g/mol. The van der Waals surface area contributed by atoms with Gasteiger partial charge in [0.25, 0.3) is 5.91 Å². The van der Waals surface area contributed by atoms with Gasteiger partial charge in [0.05, 0.1) is 6.21 Å². The molecule has 0 radical (unpaired) electrons. The van der Waals surface area contributed by atoms with Crippen molar-refractivity contribution in [3.8, 4) is 5.75 Å². The molecule has 29 heavy (non-hydrogen) atoms. The van der Waals surface area contributed by atoms with E-state index in [2.05, 4.69) is 26.5 Å². The Morgan fingerprint density at radius 1 is 1.10 bits per heavy atom. The number of halogens is 2. The molecule has 0 aliphatic heterocycles. The van der Waals surface area contributed by atoms with Crippen molar-refractivity contribution in [2.45, 2.75) is 20.5 Å². The SMILES string of the molecule is Cc1cc(/C=N\NC(=O)c2cccc(Br)c2)cc(C)c1OCc1ccc(F)cc1. The van der Waals surface area contributed by atoms with E-state index in [0.717, 1.165) is 32.5 Å². The average Bonchev–Trinajstić information content (AvgIpc) is 2.68. The number of aryl methyl sites for hydroxylation is 2. The second kappa shape index (κ2) is 9.47. The van der Waals surface area contributed by atoms with Crippen LogP contribution in [0.15, 0.2) is 70.2 Å². The van der Waals surface area contributed by atoms with Gasteiger partial charge in [0, 0.05) is 10.0 Å². The fourth-order valence-electron chi connectivity index (χ4n) is 2.88. The van der Waals surface area contributed by atoms with E-state index in [9.17, 15) is 9.18 Å². The molecule has 0 saturated heterocycles. The van der Waals surface area contributed by atoms with Crippen molar-refractivity contribution >= 4 is 28.1 Å². The predicted molar refractivity (Wildman–Crippen MR) is 116 cm³/mol. The highest BCUT2D eigenvalue weighted by atomic mass is 79.9. The second-order valence-corrected chi connectivity index (χ2v) is 7.52. The van der Waals surface area contributed by atoms with Crippen LogP contribution in [-0.2, 0) is 6.61 Å². The summed E-state index contributed by atoms with van der Waals surface area (Å²) in [5, 5.41) is 4.05. The maximum atomic E-state index is 13.0. The van der Waals surface area contributed by atoms with E-state index in [1.807, 2.05) is 32.0 Å². The van der Waals surface area contributed by atoms with Gasteiger partial charge in [-0.25, -0.2) is 9.82 Å². The standard InChI is InChI=1S/C23H20BrFN2O2/c1-15-10-18(13-26-27-23(28)19-4-3-5-20(24)12-19)11-16(2)22(15)29-14-17-6-8-21(25)9-7-17/h3-13H,14H2,1-2H3,(H,27,28)/b26-13-. The number of hydrazone groups is 1. The lowest BCUT2D eigenvalue weighted by Crippen LogP contribution is -2.17. The lowest BCUT2D eigenvalue weighted by atomic mass is 10.1. The predicted octanol–water partition coefficient (Wildman–Crippen LogP) is 5.55. The zero-order valence-electron chi connectivity index (χ0n) is 16.1. The summed E-state index contributed by atoms with van der Waals surface area (Å²) in [4.78, 5) is 12.1. The van der Waals surface area contributed by atoms with Gasteiger partial charge >= 0.3 is 0 Å². The summed E-state index contributed by atoms with van der Waals surface area (Å²) in [6.07, 6.45) is 1.60. The summed E-state index contributed by atoms with van der Waals surface area (Å²) in [7, 11) is 0. The summed E-state index contributed by atoms with van der Waals surface area (Å²) in [5.41, 5.74) is 6.70. The van der Waals surface area contributed by atoms with Crippen molar-refractivity contribution in [3.05, 3.63) is 98.8 Å². The Morgan fingerprint density at radius 2 is 1.79 bits per heavy atom.